The number of anilines is 2. The third-order valence-electron chi connectivity index (χ3n) is 5.15. The lowest BCUT2D eigenvalue weighted by Gasteiger charge is -2.21. The summed E-state index contributed by atoms with van der Waals surface area (Å²) in [5.41, 5.74) is 6.92. The number of benzene rings is 1. The van der Waals surface area contributed by atoms with E-state index in [-0.39, 0.29) is 0 Å². The summed E-state index contributed by atoms with van der Waals surface area (Å²) in [7, 11) is 0. The van der Waals surface area contributed by atoms with Gasteiger partial charge in [0.15, 0.2) is 0 Å². The summed E-state index contributed by atoms with van der Waals surface area (Å²) in [6.45, 7) is 4.90. The van der Waals surface area contributed by atoms with E-state index in [1.807, 2.05) is 54.4 Å². The van der Waals surface area contributed by atoms with E-state index in [0.717, 1.165) is 52.1 Å². The molecular weight excluding hydrogens is 380 g/mol. The maximum atomic E-state index is 9.16. The Kier molecular flexibility index (Phi) is 4.14. The van der Waals surface area contributed by atoms with Crippen LogP contribution >= 0.6 is 11.3 Å². The predicted molar refractivity (Wildman–Crippen MR) is 114 cm³/mol. The molecule has 6 nitrogen and oxygen atoms in total. The summed E-state index contributed by atoms with van der Waals surface area (Å²) in [4.78, 5) is 11.4. The third-order valence-corrected chi connectivity index (χ3v) is 5.95. The van der Waals surface area contributed by atoms with Gasteiger partial charge < -0.3 is 4.90 Å². The second-order valence-electron chi connectivity index (χ2n) is 7.08. The van der Waals surface area contributed by atoms with Gasteiger partial charge in [0.05, 0.1) is 17.3 Å². The van der Waals surface area contributed by atoms with Crippen LogP contribution in [0.4, 0.5) is 11.5 Å². The number of aryl methyl sites for hydroxylation is 2. The van der Waals surface area contributed by atoms with Crippen LogP contribution in [0.2, 0.25) is 0 Å². The largest absolute Gasteiger partial charge is 0.325 e. The molecule has 7 heteroatoms. The Morgan fingerprint density at radius 3 is 2.79 bits per heavy atom. The molecule has 0 saturated carbocycles. The first-order valence-electron chi connectivity index (χ1n) is 9.39. The van der Waals surface area contributed by atoms with Crippen LogP contribution < -0.4 is 4.90 Å². The molecule has 0 N–H and O–H groups in total. The lowest BCUT2D eigenvalue weighted by atomic mass is 10.1. The van der Waals surface area contributed by atoms with Gasteiger partial charge in [0, 0.05) is 41.3 Å². The maximum Gasteiger partial charge on any atom is 0.143 e. The average molecular weight is 398 g/mol. The number of aromatic nitrogens is 4. The molecular formula is C22H18N6S. The molecule has 142 valence electrons. The van der Waals surface area contributed by atoms with Gasteiger partial charge in [0.1, 0.15) is 16.5 Å². The highest BCUT2D eigenvalue weighted by atomic mass is 32.1. The molecule has 3 aromatic heterocycles. The Morgan fingerprint density at radius 1 is 1.14 bits per heavy atom. The van der Waals surface area contributed by atoms with Crippen LogP contribution in [0.1, 0.15) is 22.4 Å². The van der Waals surface area contributed by atoms with Crippen molar-refractivity contribution < 1.29 is 0 Å². The first-order chi connectivity index (χ1) is 14.1. The molecule has 29 heavy (non-hydrogen) atoms. The normalized spacial score (nSPS) is 12.8. The number of fused-ring (bicyclic) bond motifs is 1. The predicted octanol–water partition coefficient (Wildman–Crippen LogP) is 4.57. The molecule has 0 atom stereocenters. The minimum absolute atomic E-state index is 0.676. The van der Waals surface area contributed by atoms with Crippen LogP contribution in [-0.4, -0.2) is 26.3 Å². The summed E-state index contributed by atoms with van der Waals surface area (Å²) in [5, 5.41) is 16.8. The number of hydrogen-bond donors (Lipinski definition) is 0. The van der Waals surface area contributed by atoms with E-state index in [4.69, 9.17) is 15.3 Å². The van der Waals surface area contributed by atoms with Gasteiger partial charge in [-0.2, -0.15) is 10.4 Å². The smallest absolute Gasteiger partial charge is 0.143 e. The fraction of sp³-hybridized carbons (Fsp3) is 0.182. The van der Waals surface area contributed by atoms with Gasteiger partial charge in [0.25, 0.3) is 0 Å². The lowest BCUT2D eigenvalue weighted by Crippen LogP contribution is -2.16. The van der Waals surface area contributed by atoms with Gasteiger partial charge in [-0.1, -0.05) is 0 Å². The van der Waals surface area contributed by atoms with E-state index in [1.165, 1.54) is 5.56 Å². The molecule has 1 aromatic carbocycles. The van der Waals surface area contributed by atoms with E-state index in [2.05, 4.69) is 22.0 Å². The molecule has 0 saturated heterocycles. The van der Waals surface area contributed by atoms with Crippen molar-refractivity contribution in [2.24, 2.45) is 0 Å². The molecule has 5 rings (SSSR count). The molecule has 4 aromatic rings. The Labute approximate surface area is 172 Å². The lowest BCUT2D eigenvalue weighted by molar-refractivity contribution is 0.864. The van der Waals surface area contributed by atoms with Crippen LogP contribution in [-0.2, 0) is 6.42 Å². The van der Waals surface area contributed by atoms with Crippen molar-refractivity contribution in [1.29, 1.82) is 5.26 Å². The second kappa shape index (κ2) is 6.83. The highest BCUT2D eigenvalue weighted by Gasteiger charge is 2.27. The van der Waals surface area contributed by atoms with Crippen molar-refractivity contribution in [2.45, 2.75) is 20.3 Å². The summed E-state index contributed by atoms with van der Waals surface area (Å²) >= 11 is 1.58. The summed E-state index contributed by atoms with van der Waals surface area (Å²) in [6, 6.07) is 12.1. The Balaban J connectivity index is 1.58. The summed E-state index contributed by atoms with van der Waals surface area (Å²) in [5.74, 6) is 0.971. The molecule has 0 aliphatic carbocycles. The molecule has 1 aliphatic heterocycles. The zero-order valence-electron chi connectivity index (χ0n) is 16.1. The van der Waals surface area contributed by atoms with Gasteiger partial charge in [0.2, 0.25) is 0 Å². The van der Waals surface area contributed by atoms with Crippen molar-refractivity contribution in [2.75, 3.05) is 11.4 Å². The monoisotopic (exact) mass is 398 g/mol. The van der Waals surface area contributed by atoms with Crippen molar-refractivity contribution >= 4 is 22.8 Å². The van der Waals surface area contributed by atoms with Gasteiger partial charge in [-0.15, -0.1) is 11.3 Å². The number of rotatable bonds is 3. The van der Waals surface area contributed by atoms with Crippen molar-refractivity contribution in [3.05, 3.63) is 70.5 Å². The number of nitrogens with zero attached hydrogens (tertiary/aromatic N) is 6. The first kappa shape index (κ1) is 17.6. The fourth-order valence-corrected chi connectivity index (χ4v) is 4.45. The number of nitriles is 1. The Hall–Kier alpha value is -3.50. The Bertz CT molecular complexity index is 1250. The average Bonchev–Trinajstić information content (AvgIpc) is 3.47. The van der Waals surface area contributed by atoms with Crippen LogP contribution in [0.15, 0.2) is 48.1 Å². The zero-order valence-corrected chi connectivity index (χ0v) is 16.9. The van der Waals surface area contributed by atoms with Gasteiger partial charge in [-0.3, -0.25) is 0 Å². The molecule has 0 spiro atoms. The molecule has 1 aliphatic rings. The van der Waals surface area contributed by atoms with Gasteiger partial charge >= 0.3 is 0 Å². The maximum absolute atomic E-state index is 9.16. The van der Waals surface area contributed by atoms with Gasteiger partial charge in [-0.05, 0) is 56.2 Å². The molecule has 0 radical (unpaired) electrons. The summed E-state index contributed by atoms with van der Waals surface area (Å²) < 4.78 is 1.93. The van der Waals surface area contributed by atoms with Crippen molar-refractivity contribution in [3.63, 3.8) is 0 Å². The fourth-order valence-electron chi connectivity index (χ4n) is 3.85. The van der Waals surface area contributed by atoms with Crippen LogP contribution in [0, 0.1) is 25.2 Å². The van der Waals surface area contributed by atoms with E-state index in [9.17, 15) is 0 Å². The van der Waals surface area contributed by atoms with E-state index >= 15 is 0 Å². The molecule has 0 amide bonds. The molecule has 4 heterocycles. The van der Waals surface area contributed by atoms with E-state index in [0.29, 0.717) is 5.56 Å². The minimum Gasteiger partial charge on any atom is -0.325 e. The van der Waals surface area contributed by atoms with Crippen LogP contribution in [0.3, 0.4) is 0 Å². The van der Waals surface area contributed by atoms with Crippen LogP contribution in [0.25, 0.3) is 16.4 Å². The SMILES string of the molecule is Cc1cc(-n2ccc(-c3nccs3)n2)c2c(n1)N(c1ccc(C#N)cc1C)CC2. The number of pyridine rings is 1. The van der Waals surface area contributed by atoms with Crippen molar-refractivity contribution in [1.82, 2.24) is 19.7 Å². The third kappa shape index (κ3) is 2.98. The Morgan fingerprint density at radius 2 is 2.03 bits per heavy atom. The molecule has 0 bridgehead atoms. The van der Waals surface area contributed by atoms with E-state index < -0.39 is 0 Å². The quantitative estimate of drug-likeness (QED) is 0.505. The van der Waals surface area contributed by atoms with Gasteiger partial charge in [-0.25, -0.2) is 14.6 Å². The van der Waals surface area contributed by atoms with Crippen molar-refractivity contribution in [3.8, 4) is 22.5 Å². The molecule has 0 fully saturated rings. The highest BCUT2D eigenvalue weighted by molar-refractivity contribution is 7.13. The topological polar surface area (TPSA) is 70.6 Å². The summed E-state index contributed by atoms with van der Waals surface area (Å²) in [6.07, 6.45) is 4.68. The van der Waals surface area contributed by atoms with Crippen LogP contribution in [0.5, 0.6) is 0 Å². The first-order valence-corrected chi connectivity index (χ1v) is 10.3. The second-order valence-corrected chi connectivity index (χ2v) is 7.98. The number of hydrogen-bond acceptors (Lipinski definition) is 6. The molecule has 0 unspecified atom stereocenters. The minimum atomic E-state index is 0.676. The number of thiazole rings is 1. The van der Waals surface area contributed by atoms with E-state index in [1.54, 1.807) is 17.5 Å². The standard InChI is InChI=1S/C22H18N6S/c1-14-11-16(13-23)3-4-19(14)27-8-5-17-20(12-15(2)25-21(17)27)28-9-6-18(26-28)22-24-7-10-29-22/h3-4,6-7,9-12H,5,8H2,1-2H3. The highest BCUT2D eigenvalue weighted by Crippen LogP contribution is 2.38. The zero-order chi connectivity index (χ0) is 20.0.